The molecule has 0 spiro atoms. The fraction of sp³-hybridized carbons (Fsp3) is 0.250. The summed E-state index contributed by atoms with van der Waals surface area (Å²) in [7, 11) is 1.63. The van der Waals surface area contributed by atoms with Crippen LogP contribution in [0.2, 0.25) is 0 Å². The number of nitrogens with two attached hydrogens (primary N) is 1. The van der Waals surface area contributed by atoms with E-state index < -0.39 is 6.09 Å². The lowest BCUT2D eigenvalue weighted by Crippen LogP contribution is -2.14. The van der Waals surface area contributed by atoms with E-state index in [4.69, 9.17) is 15.2 Å². The van der Waals surface area contributed by atoms with Gasteiger partial charge in [0.1, 0.15) is 5.75 Å². The molecule has 90 valence electrons. The maximum atomic E-state index is 10.5. The second kappa shape index (κ2) is 4.78. The van der Waals surface area contributed by atoms with Gasteiger partial charge < -0.3 is 19.6 Å². The van der Waals surface area contributed by atoms with E-state index in [0.29, 0.717) is 13.0 Å². The first-order valence-corrected chi connectivity index (χ1v) is 5.26. The molecule has 0 bridgehead atoms. The van der Waals surface area contributed by atoms with E-state index >= 15 is 0 Å². The predicted octanol–water partition coefficient (Wildman–Crippen LogP) is 1.59. The van der Waals surface area contributed by atoms with Gasteiger partial charge >= 0.3 is 6.09 Å². The van der Waals surface area contributed by atoms with Gasteiger partial charge in [0.15, 0.2) is 0 Å². The molecular weight excluding hydrogens is 220 g/mol. The largest absolute Gasteiger partial charge is 0.495 e. The summed E-state index contributed by atoms with van der Waals surface area (Å²) in [4.78, 5) is 10.5. The van der Waals surface area contributed by atoms with Crippen LogP contribution in [0.25, 0.3) is 5.52 Å². The van der Waals surface area contributed by atoms with Crippen molar-refractivity contribution in [2.24, 2.45) is 5.73 Å². The summed E-state index contributed by atoms with van der Waals surface area (Å²) in [5.74, 6) is 0.799. The number of hydrogen-bond donors (Lipinski definition) is 1. The Balaban J connectivity index is 2.16. The van der Waals surface area contributed by atoms with E-state index in [0.717, 1.165) is 16.8 Å². The number of carbonyl (C=O) groups is 1. The third-order valence-electron chi connectivity index (χ3n) is 2.57. The molecule has 0 aliphatic heterocycles. The highest BCUT2D eigenvalue weighted by Gasteiger charge is 2.04. The zero-order valence-electron chi connectivity index (χ0n) is 9.55. The van der Waals surface area contributed by atoms with Gasteiger partial charge in [-0.2, -0.15) is 0 Å². The van der Waals surface area contributed by atoms with Crippen molar-refractivity contribution in [1.82, 2.24) is 4.40 Å². The van der Waals surface area contributed by atoms with Crippen LogP contribution in [0.4, 0.5) is 4.79 Å². The minimum Gasteiger partial charge on any atom is -0.495 e. The summed E-state index contributed by atoms with van der Waals surface area (Å²) >= 11 is 0. The molecule has 2 rings (SSSR count). The maximum Gasteiger partial charge on any atom is 0.404 e. The Morgan fingerprint density at radius 1 is 1.41 bits per heavy atom. The van der Waals surface area contributed by atoms with Gasteiger partial charge in [0, 0.05) is 18.1 Å². The first kappa shape index (κ1) is 11.3. The number of fused-ring (bicyclic) bond motifs is 1. The average Bonchev–Trinajstić information content (AvgIpc) is 2.71. The van der Waals surface area contributed by atoms with Gasteiger partial charge in [-0.1, -0.05) is 0 Å². The summed E-state index contributed by atoms with van der Waals surface area (Å²) < 4.78 is 11.8. The molecule has 0 aromatic carbocycles. The Hall–Kier alpha value is -2.17. The number of carbonyl (C=O) groups excluding carboxylic acids is 1. The normalized spacial score (nSPS) is 10.4. The first-order valence-electron chi connectivity index (χ1n) is 5.26. The molecule has 0 aliphatic rings. The zero-order valence-corrected chi connectivity index (χ0v) is 9.55. The lowest BCUT2D eigenvalue weighted by atomic mass is 10.2. The third-order valence-corrected chi connectivity index (χ3v) is 2.57. The van der Waals surface area contributed by atoms with Crippen molar-refractivity contribution in [2.75, 3.05) is 13.7 Å². The fourth-order valence-corrected chi connectivity index (χ4v) is 1.74. The molecule has 0 unspecified atom stereocenters. The quantitative estimate of drug-likeness (QED) is 0.873. The molecule has 2 aromatic heterocycles. The number of primary amides is 1. The predicted molar refractivity (Wildman–Crippen MR) is 63.2 cm³/mol. The van der Waals surface area contributed by atoms with E-state index in [1.807, 2.05) is 35.0 Å². The molecule has 0 radical (unpaired) electrons. The monoisotopic (exact) mass is 234 g/mol. The molecule has 0 saturated heterocycles. The molecule has 2 heterocycles. The molecule has 2 aromatic rings. The van der Waals surface area contributed by atoms with Crippen molar-refractivity contribution in [2.45, 2.75) is 6.42 Å². The number of pyridine rings is 1. The van der Waals surface area contributed by atoms with Crippen molar-refractivity contribution < 1.29 is 14.3 Å². The number of aromatic nitrogens is 1. The number of rotatable bonds is 4. The highest BCUT2D eigenvalue weighted by Crippen LogP contribution is 2.18. The third kappa shape index (κ3) is 2.50. The van der Waals surface area contributed by atoms with E-state index in [1.54, 1.807) is 7.11 Å². The van der Waals surface area contributed by atoms with Crippen molar-refractivity contribution in [3.63, 3.8) is 0 Å². The topological polar surface area (TPSA) is 66.0 Å². The first-order chi connectivity index (χ1) is 8.20. The lowest BCUT2D eigenvalue weighted by Gasteiger charge is -2.03. The average molecular weight is 234 g/mol. The SMILES string of the molecule is COc1ccc2c(CCOC(N)=O)ccn2c1. The standard InChI is InChI=1S/C12H14N2O3/c1-16-10-2-3-11-9(4-6-14(11)8-10)5-7-17-12(13)15/h2-4,6,8H,5,7H2,1H3,(H2,13,15). The van der Waals surface area contributed by atoms with Crippen LogP contribution in [0.5, 0.6) is 5.75 Å². The highest BCUT2D eigenvalue weighted by atomic mass is 16.5. The summed E-state index contributed by atoms with van der Waals surface area (Å²) in [6.45, 7) is 0.293. The van der Waals surface area contributed by atoms with Crippen LogP contribution in [-0.2, 0) is 11.2 Å². The van der Waals surface area contributed by atoms with Crippen LogP contribution < -0.4 is 10.5 Å². The molecular formula is C12H14N2O3. The summed E-state index contributed by atoms with van der Waals surface area (Å²) in [6, 6.07) is 5.85. The van der Waals surface area contributed by atoms with Gasteiger partial charge in [0.05, 0.1) is 19.9 Å². The Labute approximate surface area is 98.7 Å². The van der Waals surface area contributed by atoms with Crippen LogP contribution in [0.15, 0.2) is 30.6 Å². The molecule has 5 heteroatoms. The van der Waals surface area contributed by atoms with Crippen LogP contribution in [0.1, 0.15) is 5.56 Å². The maximum absolute atomic E-state index is 10.5. The van der Waals surface area contributed by atoms with E-state index in [2.05, 4.69) is 0 Å². The van der Waals surface area contributed by atoms with Gasteiger partial charge in [-0.3, -0.25) is 0 Å². The van der Waals surface area contributed by atoms with Gasteiger partial charge in [0.25, 0.3) is 0 Å². The molecule has 0 atom stereocenters. The van der Waals surface area contributed by atoms with Crippen molar-refractivity contribution >= 4 is 11.6 Å². The van der Waals surface area contributed by atoms with E-state index in [9.17, 15) is 4.79 Å². The molecule has 0 saturated carbocycles. The van der Waals surface area contributed by atoms with Crippen LogP contribution >= 0.6 is 0 Å². The highest BCUT2D eigenvalue weighted by molar-refractivity contribution is 5.64. The van der Waals surface area contributed by atoms with Crippen molar-refractivity contribution in [3.8, 4) is 5.75 Å². The van der Waals surface area contributed by atoms with Gasteiger partial charge in [-0.05, 0) is 23.8 Å². The molecule has 17 heavy (non-hydrogen) atoms. The Bertz CT molecular complexity index is 534. The Morgan fingerprint density at radius 3 is 2.94 bits per heavy atom. The van der Waals surface area contributed by atoms with Gasteiger partial charge in [-0.25, -0.2) is 4.79 Å². The molecule has 1 amide bonds. The summed E-state index contributed by atoms with van der Waals surface area (Å²) in [5, 5.41) is 0. The minimum absolute atomic E-state index is 0.293. The second-order valence-corrected chi connectivity index (χ2v) is 3.62. The molecule has 2 N–H and O–H groups in total. The van der Waals surface area contributed by atoms with E-state index in [-0.39, 0.29) is 0 Å². The smallest absolute Gasteiger partial charge is 0.404 e. The van der Waals surface area contributed by atoms with Gasteiger partial charge in [-0.15, -0.1) is 0 Å². The molecule has 5 nitrogen and oxygen atoms in total. The number of hydrogen-bond acceptors (Lipinski definition) is 3. The van der Waals surface area contributed by atoms with Crippen molar-refractivity contribution in [3.05, 3.63) is 36.2 Å². The van der Waals surface area contributed by atoms with Crippen LogP contribution in [0.3, 0.4) is 0 Å². The summed E-state index contributed by atoms with van der Waals surface area (Å²) in [5.41, 5.74) is 7.07. The number of amides is 1. The van der Waals surface area contributed by atoms with Crippen molar-refractivity contribution in [1.29, 1.82) is 0 Å². The fourth-order valence-electron chi connectivity index (χ4n) is 1.74. The number of ether oxygens (including phenoxy) is 2. The molecule has 0 fully saturated rings. The Morgan fingerprint density at radius 2 is 2.24 bits per heavy atom. The molecule has 0 aliphatic carbocycles. The zero-order chi connectivity index (χ0) is 12.3. The van der Waals surface area contributed by atoms with Gasteiger partial charge in [0.2, 0.25) is 0 Å². The van der Waals surface area contributed by atoms with Crippen LogP contribution in [-0.4, -0.2) is 24.2 Å². The lowest BCUT2D eigenvalue weighted by molar-refractivity contribution is 0.158. The summed E-state index contributed by atoms with van der Waals surface area (Å²) in [6.07, 6.45) is 3.74. The van der Waals surface area contributed by atoms with E-state index in [1.165, 1.54) is 0 Å². The number of methoxy groups -OCH3 is 1. The Kier molecular flexibility index (Phi) is 3.18. The second-order valence-electron chi connectivity index (χ2n) is 3.62. The minimum atomic E-state index is -0.741. The number of nitrogens with zero attached hydrogens (tertiary/aromatic N) is 1. The van der Waals surface area contributed by atoms with Crippen LogP contribution in [0, 0.1) is 0 Å².